The first-order valence-corrected chi connectivity index (χ1v) is 6.23. The van der Waals surface area contributed by atoms with Gasteiger partial charge in [0.1, 0.15) is 6.07 Å². The molecule has 2 heterocycles. The molecule has 0 bridgehead atoms. The summed E-state index contributed by atoms with van der Waals surface area (Å²) in [5.41, 5.74) is 3.31. The number of para-hydroxylation sites is 2. The fourth-order valence-electron chi connectivity index (χ4n) is 2.16. The van der Waals surface area contributed by atoms with E-state index in [9.17, 15) is 5.26 Å². The highest BCUT2D eigenvalue weighted by Crippen LogP contribution is 2.21. The van der Waals surface area contributed by atoms with Crippen molar-refractivity contribution in [1.29, 1.82) is 5.26 Å². The van der Waals surface area contributed by atoms with Gasteiger partial charge in [0.2, 0.25) is 0 Å². The Morgan fingerprint density at radius 1 is 1.25 bits per heavy atom. The van der Waals surface area contributed by atoms with Crippen molar-refractivity contribution in [3.8, 4) is 6.07 Å². The molecule has 0 amide bonds. The van der Waals surface area contributed by atoms with E-state index in [1.807, 2.05) is 48.0 Å². The topological polar surface area (TPSA) is 54.5 Å². The summed E-state index contributed by atoms with van der Waals surface area (Å²) in [5.74, 6) is 0.664. The van der Waals surface area contributed by atoms with E-state index in [0.29, 0.717) is 11.4 Å². The highest BCUT2D eigenvalue weighted by Gasteiger charge is 2.11. The van der Waals surface area contributed by atoms with Gasteiger partial charge in [0, 0.05) is 19.4 Å². The van der Waals surface area contributed by atoms with E-state index in [-0.39, 0.29) is 0 Å². The molecule has 0 spiro atoms. The van der Waals surface area contributed by atoms with Gasteiger partial charge in [-0.2, -0.15) is 5.26 Å². The Morgan fingerprint density at radius 2 is 2.10 bits per heavy atom. The second-order valence-corrected chi connectivity index (χ2v) is 4.44. The molecule has 0 aliphatic rings. The lowest BCUT2D eigenvalue weighted by molar-refractivity contribution is 0.925. The van der Waals surface area contributed by atoms with Crippen molar-refractivity contribution in [2.75, 3.05) is 0 Å². The Morgan fingerprint density at radius 3 is 2.80 bits per heavy atom. The van der Waals surface area contributed by atoms with Gasteiger partial charge in [0.25, 0.3) is 0 Å². The van der Waals surface area contributed by atoms with Crippen molar-refractivity contribution in [1.82, 2.24) is 14.5 Å². The maximum Gasteiger partial charge on any atom is 0.151 e. The quantitative estimate of drug-likeness (QED) is 0.665. The van der Waals surface area contributed by atoms with Gasteiger partial charge in [-0.05, 0) is 29.8 Å². The van der Waals surface area contributed by atoms with Crippen LogP contribution in [-0.2, 0) is 7.05 Å². The third kappa shape index (κ3) is 2.06. The fourth-order valence-corrected chi connectivity index (χ4v) is 2.16. The first-order chi connectivity index (χ1) is 9.79. The van der Waals surface area contributed by atoms with Crippen LogP contribution in [0.3, 0.4) is 0 Å². The number of pyridine rings is 1. The third-order valence-electron chi connectivity index (χ3n) is 3.14. The summed E-state index contributed by atoms with van der Waals surface area (Å²) in [6, 6.07) is 13.8. The summed E-state index contributed by atoms with van der Waals surface area (Å²) >= 11 is 0. The van der Waals surface area contributed by atoms with Crippen LogP contribution in [-0.4, -0.2) is 14.5 Å². The second kappa shape index (κ2) is 4.98. The molecule has 0 aliphatic carbocycles. The van der Waals surface area contributed by atoms with Crippen molar-refractivity contribution in [3.63, 3.8) is 0 Å². The van der Waals surface area contributed by atoms with Crippen molar-refractivity contribution in [2.45, 2.75) is 0 Å². The summed E-state index contributed by atoms with van der Waals surface area (Å²) in [7, 11) is 1.92. The van der Waals surface area contributed by atoms with Gasteiger partial charge in [-0.1, -0.05) is 18.2 Å². The number of hydrogen-bond acceptors (Lipinski definition) is 3. The highest BCUT2D eigenvalue weighted by molar-refractivity contribution is 5.90. The Hall–Kier alpha value is -2.93. The highest BCUT2D eigenvalue weighted by atomic mass is 15.1. The lowest BCUT2D eigenvalue weighted by atomic mass is 10.2. The van der Waals surface area contributed by atoms with Gasteiger partial charge in [0.05, 0.1) is 16.6 Å². The zero-order valence-electron chi connectivity index (χ0n) is 11.0. The van der Waals surface area contributed by atoms with E-state index in [0.717, 1.165) is 16.6 Å². The molecule has 2 aromatic heterocycles. The zero-order chi connectivity index (χ0) is 13.9. The van der Waals surface area contributed by atoms with Crippen LogP contribution in [0.1, 0.15) is 11.4 Å². The van der Waals surface area contributed by atoms with E-state index in [2.05, 4.69) is 16.0 Å². The molecule has 0 radical (unpaired) electrons. The molecule has 0 saturated heterocycles. The van der Waals surface area contributed by atoms with Crippen molar-refractivity contribution in [2.24, 2.45) is 7.05 Å². The molecule has 0 fully saturated rings. The van der Waals surface area contributed by atoms with Crippen molar-refractivity contribution in [3.05, 3.63) is 60.2 Å². The first kappa shape index (κ1) is 12.1. The number of rotatable bonds is 2. The van der Waals surface area contributed by atoms with Crippen LogP contribution in [0.5, 0.6) is 0 Å². The second-order valence-electron chi connectivity index (χ2n) is 4.44. The van der Waals surface area contributed by atoms with Gasteiger partial charge in [0.15, 0.2) is 5.82 Å². The Bertz CT molecular complexity index is 823. The van der Waals surface area contributed by atoms with Crippen LogP contribution in [0.15, 0.2) is 48.8 Å². The molecule has 96 valence electrons. The molecule has 3 rings (SSSR count). The molecule has 0 unspecified atom stereocenters. The van der Waals surface area contributed by atoms with Crippen LogP contribution in [0.25, 0.3) is 22.7 Å². The van der Waals surface area contributed by atoms with E-state index >= 15 is 0 Å². The lowest BCUT2D eigenvalue weighted by Gasteiger charge is -2.00. The number of aryl methyl sites for hydroxylation is 1. The number of aromatic nitrogens is 3. The molecular weight excluding hydrogens is 248 g/mol. The molecule has 4 nitrogen and oxygen atoms in total. The largest absolute Gasteiger partial charge is 0.327 e. The standard InChI is InChI=1S/C16H12N4/c1-20-15-7-3-2-6-14(15)19-16(20)13(10-17)9-12-5-4-8-18-11-12/h2-9,11H,1H3/b13-9+. The number of fused-ring (bicyclic) bond motifs is 1. The third-order valence-corrected chi connectivity index (χ3v) is 3.14. The molecule has 0 aliphatic heterocycles. The molecule has 3 aromatic rings. The number of nitriles is 1. The van der Waals surface area contributed by atoms with Gasteiger partial charge in [-0.25, -0.2) is 4.98 Å². The molecule has 1 aromatic carbocycles. The summed E-state index contributed by atoms with van der Waals surface area (Å²) in [6.45, 7) is 0. The van der Waals surface area contributed by atoms with E-state index in [4.69, 9.17) is 0 Å². The predicted octanol–water partition coefficient (Wildman–Crippen LogP) is 3.03. The molecule has 20 heavy (non-hydrogen) atoms. The van der Waals surface area contributed by atoms with Crippen LogP contribution in [0.4, 0.5) is 0 Å². The van der Waals surface area contributed by atoms with Gasteiger partial charge in [-0.15, -0.1) is 0 Å². The monoisotopic (exact) mass is 260 g/mol. The normalized spacial score (nSPS) is 11.5. The maximum absolute atomic E-state index is 9.40. The summed E-state index contributed by atoms with van der Waals surface area (Å²) in [4.78, 5) is 8.58. The van der Waals surface area contributed by atoms with Crippen LogP contribution >= 0.6 is 0 Å². The van der Waals surface area contributed by atoms with Crippen molar-refractivity contribution < 1.29 is 0 Å². The smallest absolute Gasteiger partial charge is 0.151 e. The average Bonchev–Trinajstić information content (AvgIpc) is 2.83. The lowest BCUT2D eigenvalue weighted by Crippen LogP contribution is -1.96. The van der Waals surface area contributed by atoms with Crippen LogP contribution in [0, 0.1) is 11.3 Å². The summed E-state index contributed by atoms with van der Waals surface area (Å²) < 4.78 is 1.93. The predicted molar refractivity (Wildman–Crippen MR) is 78.4 cm³/mol. The molecule has 0 N–H and O–H groups in total. The number of nitrogens with zero attached hydrogens (tertiary/aromatic N) is 4. The number of imidazole rings is 1. The molecule has 0 saturated carbocycles. The SMILES string of the molecule is Cn1c(/C(C#N)=C/c2cccnc2)nc2ccccc21. The Kier molecular flexibility index (Phi) is 3.02. The van der Waals surface area contributed by atoms with Crippen LogP contribution in [0.2, 0.25) is 0 Å². The number of hydrogen-bond donors (Lipinski definition) is 0. The Balaban J connectivity index is 2.16. The van der Waals surface area contributed by atoms with Gasteiger partial charge >= 0.3 is 0 Å². The van der Waals surface area contributed by atoms with Crippen molar-refractivity contribution >= 4 is 22.7 Å². The minimum Gasteiger partial charge on any atom is -0.327 e. The summed E-state index contributed by atoms with van der Waals surface area (Å²) in [5, 5.41) is 9.40. The van der Waals surface area contributed by atoms with E-state index in [1.54, 1.807) is 18.5 Å². The first-order valence-electron chi connectivity index (χ1n) is 6.23. The molecular formula is C16H12N4. The zero-order valence-corrected chi connectivity index (χ0v) is 11.0. The summed E-state index contributed by atoms with van der Waals surface area (Å²) in [6.07, 6.45) is 5.23. The minimum atomic E-state index is 0.525. The minimum absolute atomic E-state index is 0.525. The van der Waals surface area contributed by atoms with E-state index in [1.165, 1.54) is 0 Å². The van der Waals surface area contributed by atoms with E-state index < -0.39 is 0 Å². The number of benzene rings is 1. The van der Waals surface area contributed by atoms with Gasteiger partial charge in [-0.3, -0.25) is 4.98 Å². The van der Waals surface area contributed by atoms with Gasteiger partial charge < -0.3 is 4.57 Å². The Labute approximate surface area is 116 Å². The van der Waals surface area contributed by atoms with Crippen LogP contribution < -0.4 is 0 Å². The molecule has 0 atom stereocenters. The fraction of sp³-hybridized carbons (Fsp3) is 0.0625. The maximum atomic E-state index is 9.40. The molecule has 4 heteroatoms. The number of allylic oxidation sites excluding steroid dienone is 1. The average molecular weight is 260 g/mol.